The van der Waals surface area contributed by atoms with Crippen LogP contribution in [0, 0.1) is 0 Å². The molecule has 0 fully saturated rings. The Morgan fingerprint density at radius 1 is 0.654 bits per heavy atom. The van der Waals surface area contributed by atoms with E-state index in [2.05, 4.69) is 0 Å². The maximum absolute atomic E-state index is 12.0. The highest BCUT2D eigenvalue weighted by molar-refractivity contribution is 6.35. The molecule has 0 amide bonds. The van der Waals surface area contributed by atoms with Crippen molar-refractivity contribution in [2.75, 3.05) is 0 Å². The van der Waals surface area contributed by atoms with Gasteiger partial charge in [0.15, 0.2) is 0 Å². The van der Waals surface area contributed by atoms with Crippen LogP contribution in [0.3, 0.4) is 0 Å². The fourth-order valence-corrected chi connectivity index (χ4v) is 3.86. The number of hydrogen-bond acceptors (Lipinski definition) is 1. The second-order valence-corrected chi connectivity index (χ2v) is 8.11. The number of rotatable bonds is 10. The molecule has 2 rings (SSSR count). The zero-order valence-electron chi connectivity index (χ0n) is 14.5. The Labute approximate surface area is 175 Å². The standard InChI is InChI=1S/C21H22Cl4O/c22-17-11-9-15(20(24)13-17)5-1-3-7-19(26)8-4-2-6-16-10-12-18(23)14-21(16)25/h9-14H,1-8H2. The number of unbranched alkanes of at least 4 members (excludes halogenated alkanes) is 2. The van der Waals surface area contributed by atoms with E-state index in [0.717, 1.165) is 49.7 Å². The predicted octanol–water partition coefficient (Wildman–Crippen LogP) is 8.00. The molecule has 0 bridgehead atoms. The first-order valence-electron chi connectivity index (χ1n) is 8.85. The lowest BCUT2D eigenvalue weighted by Crippen LogP contribution is -1.99. The normalized spacial score (nSPS) is 10.9. The van der Waals surface area contributed by atoms with Crippen molar-refractivity contribution >= 4 is 52.2 Å². The molecule has 5 heteroatoms. The molecule has 0 heterocycles. The van der Waals surface area contributed by atoms with Gasteiger partial charge in [0.1, 0.15) is 5.78 Å². The minimum atomic E-state index is 0.328. The first kappa shape index (κ1) is 21.6. The van der Waals surface area contributed by atoms with Gasteiger partial charge in [-0.15, -0.1) is 0 Å². The maximum atomic E-state index is 12.0. The van der Waals surface area contributed by atoms with E-state index in [-0.39, 0.29) is 0 Å². The Morgan fingerprint density at radius 2 is 1.08 bits per heavy atom. The number of benzene rings is 2. The van der Waals surface area contributed by atoms with Crippen LogP contribution in [-0.4, -0.2) is 5.78 Å². The van der Waals surface area contributed by atoms with Crippen molar-refractivity contribution < 1.29 is 4.79 Å². The van der Waals surface area contributed by atoms with Crippen LogP contribution in [0.4, 0.5) is 0 Å². The van der Waals surface area contributed by atoms with E-state index in [9.17, 15) is 4.79 Å². The number of aryl methyl sites for hydroxylation is 2. The van der Waals surface area contributed by atoms with Gasteiger partial charge in [0.2, 0.25) is 0 Å². The van der Waals surface area contributed by atoms with Gasteiger partial charge in [-0.2, -0.15) is 0 Å². The summed E-state index contributed by atoms with van der Waals surface area (Å²) in [4.78, 5) is 12.0. The van der Waals surface area contributed by atoms with E-state index in [1.54, 1.807) is 12.1 Å². The van der Waals surface area contributed by atoms with Crippen LogP contribution in [0.25, 0.3) is 0 Å². The first-order chi connectivity index (χ1) is 12.5. The van der Waals surface area contributed by atoms with E-state index in [0.29, 0.717) is 38.7 Å². The summed E-state index contributed by atoms with van der Waals surface area (Å²) in [6.07, 6.45) is 6.69. The van der Waals surface area contributed by atoms with Gasteiger partial charge in [0.05, 0.1) is 0 Å². The van der Waals surface area contributed by atoms with Crippen LogP contribution >= 0.6 is 46.4 Å². The van der Waals surface area contributed by atoms with Crippen molar-refractivity contribution in [2.45, 2.75) is 51.4 Å². The summed E-state index contributed by atoms with van der Waals surface area (Å²) >= 11 is 24.1. The lowest BCUT2D eigenvalue weighted by Gasteiger charge is -2.06. The van der Waals surface area contributed by atoms with Crippen LogP contribution in [0.1, 0.15) is 49.7 Å². The van der Waals surface area contributed by atoms with Gasteiger partial charge in [-0.3, -0.25) is 4.79 Å². The molecule has 140 valence electrons. The van der Waals surface area contributed by atoms with Gasteiger partial charge in [-0.05, 0) is 73.9 Å². The van der Waals surface area contributed by atoms with Gasteiger partial charge in [0, 0.05) is 32.9 Å². The second-order valence-electron chi connectivity index (χ2n) is 6.42. The minimum Gasteiger partial charge on any atom is -0.300 e. The summed E-state index contributed by atoms with van der Waals surface area (Å²) < 4.78 is 0. The summed E-state index contributed by atoms with van der Waals surface area (Å²) in [7, 11) is 0. The third-order valence-electron chi connectivity index (χ3n) is 4.33. The summed E-state index contributed by atoms with van der Waals surface area (Å²) in [5, 5.41) is 2.69. The number of hydrogen-bond donors (Lipinski definition) is 0. The molecule has 0 spiro atoms. The Morgan fingerprint density at radius 3 is 1.46 bits per heavy atom. The van der Waals surface area contributed by atoms with Crippen LogP contribution in [0.15, 0.2) is 36.4 Å². The third-order valence-corrected chi connectivity index (χ3v) is 5.51. The van der Waals surface area contributed by atoms with Crippen LogP contribution in [-0.2, 0) is 17.6 Å². The number of Topliss-reactive ketones (excluding diaryl/α,β-unsaturated/α-hetero) is 1. The molecular weight excluding hydrogens is 410 g/mol. The van der Waals surface area contributed by atoms with Crippen LogP contribution in [0.5, 0.6) is 0 Å². The minimum absolute atomic E-state index is 0.328. The largest absolute Gasteiger partial charge is 0.300 e. The topological polar surface area (TPSA) is 17.1 Å². The Bertz CT molecular complexity index is 681. The van der Waals surface area contributed by atoms with Gasteiger partial charge >= 0.3 is 0 Å². The van der Waals surface area contributed by atoms with E-state index >= 15 is 0 Å². The fraction of sp³-hybridized carbons (Fsp3) is 0.381. The fourth-order valence-electron chi connectivity index (χ4n) is 2.85. The highest BCUT2D eigenvalue weighted by atomic mass is 35.5. The molecule has 0 saturated carbocycles. The molecule has 0 aliphatic rings. The van der Waals surface area contributed by atoms with E-state index in [1.807, 2.05) is 24.3 Å². The molecule has 0 saturated heterocycles. The van der Waals surface area contributed by atoms with Crippen LogP contribution < -0.4 is 0 Å². The highest BCUT2D eigenvalue weighted by Gasteiger charge is 2.06. The zero-order chi connectivity index (χ0) is 18.9. The quantitative estimate of drug-likeness (QED) is 0.348. The summed E-state index contributed by atoms with van der Waals surface area (Å²) in [5.74, 6) is 0.328. The maximum Gasteiger partial charge on any atom is 0.132 e. The van der Waals surface area contributed by atoms with Crippen molar-refractivity contribution in [2.24, 2.45) is 0 Å². The summed E-state index contributed by atoms with van der Waals surface area (Å²) in [6.45, 7) is 0. The van der Waals surface area contributed by atoms with Gasteiger partial charge in [0.25, 0.3) is 0 Å². The smallest absolute Gasteiger partial charge is 0.132 e. The summed E-state index contributed by atoms with van der Waals surface area (Å²) in [6, 6.07) is 11.1. The average Bonchev–Trinajstić information content (AvgIpc) is 2.58. The monoisotopic (exact) mass is 430 g/mol. The Hall–Kier alpha value is -0.730. The molecule has 0 unspecified atom stereocenters. The van der Waals surface area contributed by atoms with Crippen LogP contribution in [0.2, 0.25) is 20.1 Å². The molecule has 0 aliphatic heterocycles. The molecular formula is C21H22Cl4O. The molecule has 2 aromatic rings. The Balaban J connectivity index is 1.59. The second kappa shape index (κ2) is 11.2. The van der Waals surface area contributed by atoms with Crippen molar-refractivity contribution in [3.8, 4) is 0 Å². The van der Waals surface area contributed by atoms with E-state index < -0.39 is 0 Å². The van der Waals surface area contributed by atoms with Crippen molar-refractivity contribution in [3.63, 3.8) is 0 Å². The third kappa shape index (κ3) is 7.48. The lowest BCUT2D eigenvalue weighted by molar-refractivity contribution is -0.119. The van der Waals surface area contributed by atoms with E-state index in [4.69, 9.17) is 46.4 Å². The molecule has 26 heavy (non-hydrogen) atoms. The number of halogens is 4. The van der Waals surface area contributed by atoms with Crippen molar-refractivity contribution in [1.82, 2.24) is 0 Å². The number of carbonyl (C=O) groups is 1. The van der Waals surface area contributed by atoms with Gasteiger partial charge < -0.3 is 0 Å². The molecule has 0 aromatic heterocycles. The predicted molar refractivity (Wildman–Crippen MR) is 113 cm³/mol. The zero-order valence-corrected chi connectivity index (χ0v) is 17.6. The molecule has 0 radical (unpaired) electrons. The molecule has 0 aliphatic carbocycles. The number of ketones is 1. The Kier molecular flexibility index (Phi) is 9.28. The summed E-state index contributed by atoms with van der Waals surface area (Å²) in [5.41, 5.74) is 2.17. The molecule has 1 nitrogen and oxygen atoms in total. The van der Waals surface area contributed by atoms with Crippen molar-refractivity contribution in [3.05, 3.63) is 67.6 Å². The van der Waals surface area contributed by atoms with E-state index in [1.165, 1.54) is 0 Å². The molecule has 0 atom stereocenters. The first-order valence-corrected chi connectivity index (χ1v) is 10.4. The number of carbonyl (C=O) groups excluding carboxylic acids is 1. The SMILES string of the molecule is O=C(CCCCc1ccc(Cl)cc1Cl)CCCCc1ccc(Cl)cc1Cl. The average molecular weight is 432 g/mol. The van der Waals surface area contributed by atoms with Gasteiger partial charge in [-0.25, -0.2) is 0 Å². The molecule has 0 N–H and O–H groups in total. The highest BCUT2D eigenvalue weighted by Crippen LogP contribution is 2.24. The van der Waals surface area contributed by atoms with Gasteiger partial charge in [-0.1, -0.05) is 58.5 Å². The van der Waals surface area contributed by atoms with Crippen molar-refractivity contribution in [1.29, 1.82) is 0 Å². The molecule has 2 aromatic carbocycles. The lowest BCUT2D eigenvalue weighted by atomic mass is 10.0.